The van der Waals surface area contributed by atoms with Gasteiger partial charge in [-0.05, 0) is 39.9 Å². The Balaban J connectivity index is 2.47. The molecule has 112 valence electrons. The molecule has 0 aliphatic heterocycles. The Bertz CT molecular complexity index is 451. The van der Waals surface area contributed by atoms with E-state index in [2.05, 4.69) is 41.4 Å². The molecule has 0 aliphatic rings. The zero-order valence-corrected chi connectivity index (χ0v) is 13.3. The first-order valence-electron chi connectivity index (χ1n) is 6.77. The van der Waals surface area contributed by atoms with Crippen molar-refractivity contribution in [1.82, 2.24) is 15.2 Å². The molecule has 1 aromatic heterocycles. The quantitative estimate of drug-likeness (QED) is 0.758. The fraction of sp³-hybridized carbons (Fsp3) is 0.571. The lowest BCUT2D eigenvalue weighted by Crippen LogP contribution is -2.31. The van der Waals surface area contributed by atoms with Gasteiger partial charge in [-0.25, -0.2) is 4.98 Å². The van der Waals surface area contributed by atoms with Crippen molar-refractivity contribution in [2.75, 3.05) is 32.5 Å². The Kier molecular flexibility index (Phi) is 6.75. The van der Waals surface area contributed by atoms with Crippen molar-refractivity contribution in [3.8, 4) is 0 Å². The second kappa shape index (κ2) is 8.07. The molecule has 0 aliphatic carbocycles. The van der Waals surface area contributed by atoms with E-state index >= 15 is 0 Å². The number of carbonyl (C=O) groups excluding carboxylic acids is 1. The molecular formula is C14H23ClN4O. The van der Waals surface area contributed by atoms with Gasteiger partial charge >= 0.3 is 0 Å². The van der Waals surface area contributed by atoms with Crippen LogP contribution >= 0.6 is 11.6 Å². The molecule has 5 nitrogen and oxygen atoms in total. The summed E-state index contributed by atoms with van der Waals surface area (Å²) in [6, 6.07) is 2.16. The molecule has 0 bridgehead atoms. The number of hydrogen-bond acceptors (Lipinski definition) is 4. The van der Waals surface area contributed by atoms with E-state index in [1.54, 1.807) is 13.1 Å². The van der Waals surface area contributed by atoms with Crippen molar-refractivity contribution < 1.29 is 4.79 Å². The molecule has 0 fully saturated rings. The van der Waals surface area contributed by atoms with Gasteiger partial charge in [0.1, 0.15) is 5.82 Å². The number of anilines is 1. The predicted molar refractivity (Wildman–Crippen MR) is 83.5 cm³/mol. The molecule has 0 unspecified atom stereocenters. The Morgan fingerprint density at radius 1 is 1.50 bits per heavy atom. The van der Waals surface area contributed by atoms with Crippen LogP contribution in [0.25, 0.3) is 0 Å². The number of nitrogens with zero attached hydrogens (tertiary/aromatic N) is 2. The van der Waals surface area contributed by atoms with Crippen LogP contribution in [0.3, 0.4) is 0 Å². The second-order valence-corrected chi connectivity index (χ2v) is 5.39. The maximum atomic E-state index is 12.0. The molecular weight excluding hydrogens is 276 g/mol. The first-order valence-corrected chi connectivity index (χ1v) is 7.15. The van der Waals surface area contributed by atoms with Gasteiger partial charge in [-0.1, -0.05) is 11.6 Å². The average Bonchev–Trinajstić information content (AvgIpc) is 2.43. The van der Waals surface area contributed by atoms with Crippen LogP contribution in [0.2, 0.25) is 5.02 Å². The summed E-state index contributed by atoms with van der Waals surface area (Å²) in [5.74, 6) is 0.459. The molecule has 1 aromatic rings. The number of carbonyl (C=O) groups is 1. The highest BCUT2D eigenvalue weighted by atomic mass is 35.5. The minimum Gasteiger partial charge on any atom is -0.373 e. The molecule has 1 rings (SSSR count). The Morgan fingerprint density at radius 2 is 2.20 bits per heavy atom. The molecule has 0 saturated carbocycles. The summed E-state index contributed by atoms with van der Waals surface area (Å²) in [5.41, 5.74) is 0.447. The van der Waals surface area contributed by atoms with E-state index in [0.29, 0.717) is 29.0 Å². The molecule has 0 aromatic carbocycles. The lowest BCUT2D eigenvalue weighted by Gasteiger charge is -2.20. The van der Waals surface area contributed by atoms with Crippen molar-refractivity contribution in [2.24, 2.45) is 0 Å². The Labute approximate surface area is 125 Å². The summed E-state index contributed by atoms with van der Waals surface area (Å²) in [6.45, 7) is 5.87. The van der Waals surface area contributed by atoms with Gasteiger partial charge in [0.15, 0.2) is 0 Å². The van der Waals surface area contributed by atoms with Gasteiger partial charge in [-0.3, -0.25) is 4.79 Å². The third-order valence-electron chi connectivity index (χ3n) is 3.21. The molecule has 1 heterocycles. The second-order valence-electron chi connectivity index (χ2n) is 4.98. The van der Waals surface area contributed by atoms with Crippen molar-refractivity contribution in [3.05, 3.63) is 22.8 Å². The predicted octanol–water partition coefficient (Wildman–Crippen LogP) is 2.24. The lowest BCUT2D eigenvalue weighted by molar-refractivity contribution is 0.0951. The van der Waals surface area contributed by atoms with Crippen molar-refractivity contribution in [2.45, 2.75) is 26.3 Å². The van der Waals surface area contributed by atoms with E-state index in [-0.39, 0.29) is 5.91 Å². The van der Waals surface area contributed by atoms with Gasteiger partial charge in [0.25, 0.3) is 5.91 Å². The van der Waals surface area contributed by atoms with Crippen LogP contribution in [0.5, 0.6) is 0 Å². The first-order chi connectivity index (χ1) is 9.45. The molecule has 1 amide bonds. The van der Waals surface area contributed by atoms with Crippen LogP contribution in [0.4, 0.5) is 5.82 Å². The molecule has 0 atom stereocenters. The van der Waals surface area contributed by atoms with E-state index < -0.39 is 0 Å². The van der Waals surface area contributed by atoms with Crippen LogP contribution in [0.1, 0.15) is 30.6 Å². The maximum Gasteiger partial charge on any atom is 0.252 e. The molecule has 2 N–H and O–H groups in total. The number of pyridine rings is 1. The standard InChI is InChI=1S/C14H23ClN4O/c1-10(2)19(4)7-5-6-17-14(20)11-8-13(16-3)18-9-12(11)15/h8-10H,5-7H2,1-4H3,(H,16,18)(H,17,20). The molecule has 6 heteroatoms. The largest absolute Gasteiger partial charge is 0.373 e. The third kappa shape index (κ3) is 4.98. The summed E-state index contributed by atoms with van der Waals surface area (Å²) in [5, 5.41) is 6.13. The minimum atomic E-state index is -0.166. The van der Waals surface area contributed by atoms with E-state index in [0.717, 1.165) is 13.0 Å². The highest BCUT2D eigenvalue weighted by Crippen LogP contribution is 2.17. The van der Waals surface area contributed by atoms with Gasteiger partial charge in [-0.2, -0.15) is 0 Å². The van der Waals surface area contributed by atoms with Crippen molar-refractivity contribution in [1.29, 1.82) is 0 Å². The maximum absolute atomic E-state index is 12.0. The van der Waals surface area contributed by atoms with Crippen LogP contribution in [0, 0.1) is 0 Å². The molecule has 0 saturated heterocycles. The van der Waals surface area contributed by atoms with Gasteiger partial charge in [-0.15, -0.1) is 0 Å². The molecule has 20 heavy (non-hydrogen) atoms. The summed E-state index contributed by atoms with van der Waals surface area (Å²) < 4.78 is 0. The van der Waals surface area contributed by atoms with Crippen LogP contribution in [0.15, 0.2) is 12.3 Å². The van der Waals surface area contributed by atoms with E-state index in [1.165, 1.54) is 6.20 Å². The average molecular weight is 299 g/mol. The number of aromatic nitrogens is 1. The zero-order chi connectivity index (χ0) is 15.1. The highest BCUT2D eigenvalue weighted by Gasteiger charge is 2.11. The van der Waals surface area contributed by atoms with Crippen molar-refractivity contribution >= 4 is 23.3 Å². The van der Waals surface area contributed by atoms with E-state index in [1.807, 2.05) is 0 Å². The molecule has 0 spiro atoms. The highest BCUT2D eigenvalue weighted by molar-refractivity contribution is 6.33. The van der Waals surface area contributed by atoms with Gasteiger partial charge < -0.3 is 15.5 Å². The number of amides is 1. The smallest absolute Gasteiger partial charge is 0.252 e. The zero-order valence-electron chi connectivity index (χ0n) is 12.5. The van der Waals surface area contributed by atoms with E-state index in [4.69, 9.17) is 11.6 Å². The Hall–Kier alpha value is -1.33. The fourth-order valence-corrected chi connectivity index (χ4v) is 1.82. The van der Waals surface area contributed by atoms with Gasteiger partial charge in [0, 0.05) is 25.8 Å². The Morgan fingerprint density at radius 3 is 2.80 bits per heavy atom. The van der Waals surface area contributed by atoms with Gasteiger partial charge in [0.05, 0.1) is 10.6 Å². The van der Waals surface area contributed by atoms with Crippen molar-refractivity contribution in [3.63, 3.8) is 0 Å². The minimum absolute atomic E-state index is 0.166. The SMILES string of the molecule is CNc1cc(C(=O)NCCCN(C)C(C)C)c(Cl)cn1. The first kappa shape index (κ1) is 16.7. The monoisotopic (exact) mass is 298 g/mol. The fourth-order valence-electron chi connectivity index (χ4n) is 1.63. The summed E-state index contributed by atoms with van der Waals surface area (Å²) in [6.07, 6.45) is 2.39. The summed E-state index contributed by atoms with van der Waals surface area (Å²) >= 11 is 5.99. The van der Waals surface area contributed by atoms with E-state index in [9.17, 15) is 4.79 Å². The van der Waals surface area contributed by atoms with Gasteiger partial charge in [0.2, 0.25) is 0 Å². The number of nitrogens with one attached hydrogen (secondary N) is 2. The topological polar surface area (TPSA) is 57.3 Å². The summed E-state index contributed by atoms with van der Waals surface area (Å²) in [7, 11) is 3.82. The number of rotatable bonds is 7. The molecule has 0 radical (unpaired) electrons. The van der Waals surface area contributed by atoms with Crippen LogP contribution in [-0.4, -0.2) is 49.0 Å². The summed E-state index contributed by atoms with van der Waals surface area (Å²) in [4.78, 5) is 18.3. The number of hydrogen-bond donors (Lipinski definition) is 2. The van der Waals surface area contributed by atoms with Crippen LogP contribution in [-0.2, 0) is 0 Å². The normalized spacial score (nSPS) is 10.9. The van der Waals surface area contributed by atoms with Crippen LogP contribution < -0.4 is 10.6 Å². The third-order valence-corrected chi connectivity index (χ3v) is 3.51. The number of halogens is 1. The lowest BCUT2D eigenvalue weighted by atomic mass is 10.2.